The van der Waals surface area contributed by atoms with Crippen LogP contribution in [0.15, 0.2) is 48.9 Å². The van der Waals surface area contributed by atoms with E-state index >= 15 is 0 Å². The molecule has 1 N–H and O–H groups in total. The summed E-state index contributed by atoms with van der Waals surface area (Å²) in [5, 5.41) is 3.10. The van der Waals surface area contributed by atoms with Crippen LogP contribution in [0.4, 0.5) is 8.78 Å². The highest BCUT2D eigenvalue weighted by atomic mass is 19.2. The van der Waals surface area contributed by atoms with Gasteiger partial charge in [0.15, 0.2) is 23.5 Å². The molecule has 1 atom stereocenters. The van der Waals surface area contributed by atoms with Crippen LogP contribution in [0, 0.1) is 18.6 Å². The number of hydrogen-bond donors (Lipinski definition) is 1. The third-order valence-corrected chi connectivity index (χ3v) is 7.10. The number of ketones is 1. The molecule has 3 aromatic rings. The molecular weight excluding hydrogens is 428 g/mol. The first-order valence-corrected chi connectivity index (χ1v) is 10.9. The molecule has 4 aliphatic rings. The van der Waals surface area contributed by atoms with E-state index in [1.54, 1.807) is 18.5 Å². The highest BCUT2D eigenvalue weighted by Gasteiger charge is 2.70. The first-order chi connectivity index (χ1) is 15.8. The lowest BCUT2D eigenvalue weighted by molar-refractivity contribution is -0.160. The molecule has 2 bridgehead atoms. The molecule has 8 heteroatoms. The number of carbonyl (C=O) groups excluding carboxylic acids is 2. The van der Waals surface area contributed by atoms with Crippen LogP contribution in [0.1, 0.15) is 41.6 Å². The zero-order chi connectivity index (χ0) is 23.0. The Morgan fingerprint density at radius 3 is 2.70 bits per heavy atom. The molecule has 3 fully saturated rings. The van der Waals surface area contributed by atoms with Crippen molar-refractivity contribution in [1.82, 2.24) is 14.9 Å². The van der Waals surface area contributed by atoms with E-state index in [2.05, 4.69) is 10.3 Å². The molecular formula is C25H21F2N3O3. The van der Waals surface area contributed by atoms with Crippen LogP contribution in [0.25, 0.3) is 11.3 Å². The van der Waals surface area contributed by atoms with Gasteiger partial charge in [-0.05, 0) is 56.5 Å². The van der Waals surface area contributed by atoms with Gasteiger partial charge in [-0.2, -0.15) is 0 Å². The number of Topliss-reactive ketones (excluding diaryl/α,β-unsaturated/α-hetero) is 1. The second kappa shape index (κ2) is 6.73. The van der Waals surface area contributed by atoms with Crippen LogP contribution < -0.4 is 10.1 Å². The van der Waals surface area contributed by atoms with Crippen molar-refractivity contribution in [1.29, 1.82) is 0 Å². The number of hydrogen-bond acceptors (Lipinski definition) is 4. The van der Waals surface area contributed by atoms with Crippen LogP contribution in [0.2, 0.25) is 0 Å². The number of nitrogens with zero attached hydrogens (tertiary/aromatic N) is 2. The average Bonchev–Trinajstić information content (AvgIpc) is 3.21. The SMILES string of the molecule is Cc1ccc2c(c1)C(=O)C[C@H](C(=O)NC13CC(n4cnc(-c5ccc(F)c(F)c5)c4)(C1)C3)O2. The standard InChI is InChI=1S/C25H21F2N3O3/c1-14-2-5-21-16(6-14)20(31)8-22(33-21)23(32)29-24-10-25(11-24,12-24)30-9-19(28-13-30)15-3-4-17(26)18(27)7-15/h2-7,9,13,22H,8,10-12H2,1H3,(H,29,32)/t22-,24?,25?/m1/s1. The monoisotopic (exact) mass is 449 g/mol. The summed E-state index contributed by atoms with van der Waals surface area (Å²) in [5.41, 5.74) is 2.14. The Labute approximate surface area is 188 Å². The predicted octanol–water partition coefficient (Wildman–Crippen LogP) is 3.92. The smallest absolute Gasteiger partial charge is 0.261 e. The van der Waals surface area contributed by atoms with Crippen molar-refractivity contribution in [2.24, 2.45) is 0 Å². The molecule has 0 radical (unpaired) electrons. The topological polar surface area (TPSA) is 73.2 Å². The number of benzene rings is 2. The second-order valence-corrected chi connectivity index (χ2v) is 9.55. The fourth-order valence-electron chi connectivity index (χ4n) is 5.45. The van der Waals surface area contributed by atoms with Gasteiger partial charge in [-0.25, -0.2) is 13.8 Å². The maximum atomic E-state index is 13.6. The molecule has 2 aromatic carbocycles. The second-order valence-electron chi connectivity index (χ2n) is 9.55. The third kappa shape index (κ3) is 3.08. The third-order valence-electron chi connectivity index (χ3n) is 7.10. The Kier molecular flexibility index (Phi) is 4.09. The van der Waals surface area contributed by atoms with Gasteiger partial charge in [-0.1, -0.05) is 11.6 Å². The summed E-state index contributed by atoms with van der Waals surface area (Å²) in [5.74, 6) is -1.70. The van der Waals surface area contributed by atoms with E-state index < -0.39 is 17.7 Å². The molecule has 1 amide bonds. The predicted molar refractivity (Wildman–Crippen MR) is 115 cm³/mol. The van der Waals surface area contributed by atoms with E-state index in [0.717, 1.165) is 37.0 Å². The zero-order valence-corrected chi connectivity index (χ0v) is 17.9. The molecule has 7 rings (SSSR count). The van der Waals surface area contributed by atoms with Gasteiger partial charge in [-0.3, -0.25) is 9.59 Å². The van der Waals surface area contributed by atoms with Crippen LogP contribution in [-0.4, -0.2) is 32.9 Å². The van der Waals surface area contributed by atoms with Crippen molar-refractivity contribution in [3.05, 3.63) is 71.7 Å². The minimum Gasteiger partial charge on any atom is -0.479 e. The molecule has 0 saturated heterocycles. The number of aromatic nitrogens is 2. The number of halogens is 2. The van der Waals surface area contributed by atoms with E-state index in [1.165, 1.54) is 6.07 Å². The van der Waals surface area contributed by atoms with Gasteiger partial charge < -0.3 is 14.6 Å². The molecule has 6 nitrogen and oxygen atoms in total. The van der Waals surface area contributed by atoms with Crippen molar-refractivity contribution < 1.29 is 23.1 Å². The number of fused-ring (bicyclic) bond motifs is 1. The zero-order valence-electron chi connectivity index (χ0n) is 17.9. The molecule has 2 heterocycles. The van der Waals surface area contributed by atoms with E-state index in [-0.39, 0.29) is 29.2 Å². The molecule has 168 valence electrons. The van der Waals surface area contributed by atoms with E-state index in [4.69, 9.17) is 4.74 Å². The fourth-order valence-corrected chi connectivity index (χ4v) is 5.45. The Bertz CT molecular complexity index is 1310. The molecule has 1 aliphatic heterocycles. The summed E-state index contributed by atoms with van der Waals surface area (Å²) in [6, 6.07) is 9.11. The fraction of sp³-hybridized carbons (Fsp3) is 0.320. The Hall–Kier alpha value is -3.55. The van der Waals surface area contributed by atoms with Gasteiger partial charge in [0, 0.05) is 17.3 Å². The number of ether oxygens (including phenoxy) is 1. The normalized spacial score (nSPS) is 27.1. The Morgan fingerprint density at radius 2 is 1.94 bits per heavy atom. The molecule has 3 saturated carbocycles. The molecule has 0 spiro atoms. The van der Waals surface area contributed by atoms with E-state index in [0.29, 0.717) is 22.6 Å². The van der Waals surface area contributed by atoms with Crippen LogP contribution in [0.3, 0.4) is 0 Å². The Balaban J connectivity index is 1.11. The number of aryl methyl sites for hydroxylation is 1. The summed E-state index contributed by atoms with van der Waals surface area (Å²) < 4.78 is 34.6. The quantitative estimate of drug-likeness (QED) is 0.655. The molecule has 33 heavy (non-hydrogen) atoms. The number of carbonyl (C=O) groups is 2. The van der Waals surface area contributed by atoms with Crippen LogP contribution in [-0.2, 0) is 10.3 Å². The van der Waals surface area contributed by atoms with Gasteiger partial charge in [0.2, 0.25) is 0 Å². The van der Waals surface area contributed by atoms with E-state index in [9.17, 15) is 18.4 Å². The lowest BCUT2D eigenvalue weighted by Gasteiger charge is -2.70. The number of imidazole rings is 1. The molecule has 1 aromatic heterocycles. The summed E-state index contributed by atoms with van der Waals surface area (Å²) in [6.45, 7) is 1.91. The van der Waals surface area contributed by atoms with Gasteiger partial charge in [0.25, 0.3) is 5.91 Å². The van der Waals surface area contributed by atoms with Crippen molar-refractivity contribution in [3.8, 4) is 17.0 Å². The largest absolute Gasteiger partial charge is 0.479 e. The Morgan fingerprint density at radius 1 is 1.15 bits per heavy atom. The summed E-state index contributed by atoms with van der Waals surface area (Å²) in [7, 11) is 0. The maximum absolute atomic E-state index is 13.6. The van der Waals surface area contributed by atoms with Gasteiger partial charge in [0.05, 0.1) is 29.5 Å². The van der Waals surface area contributed by atoms with Gasteiger partial charge >= 0.3 is 0 Å². The van der Waals surface area contributed by atoms with Crippen molar-refractivity contribution in [3.63, 3.8) is 0 Å². The molecule has 0 unspecified atom stereocenters. The van der Waals surface area contributed by atoms with E-state index in [1.807, 2.05) is 23.8 Å². The first kappa shape index (κ1) is 20.1. The summed E-state index contributed by atoms with van der Waals surface area (Å²) in [6.07, 6.45) is 4.97. The van der Waals surface area contributed by atoms with Crippen LogP contribution in [0.5, 0.6) is 5.75 Å². The molecule has 3 aliphatic carbocycles. The summed E-state index contributed by atoms with van der Waals surface area (Å²) in [4.78, 5) is 29.7. The highest BCUT2D eigenvalue weighted by molar-refractivity contribution is 6.03. The van der Waals surface area contributed by atoms with Gasteiger partial charge in [-0.15, -0.1) is 0 Å². The minimum absolute atomic E-state index is 0.0304. The van der Waals surface area contributed by atoms with Crippen molar-refractivity contribution >= 4 is 11.7 Å². The summed E-state index contributed by atoms with van der Waals surface area (Å²) >= 11 is 0. The highest BCUT2D eigenvalue weighted by Crippen LogP contribution is 2.65. The maximum Gasteiger partial charge on any atom is 0.261 e. The number of rotatable bonds is 4. The van der Waals surface area contributed by atoms with Crippen molar-refractivity contribution in [2.75, 3.05) is 0 Å². The van der Waals surface area contributed by atoms with Crippen molar-refractivity contribution in [2.45, 2.75) is 49.8 Å². The first-order valence-electron chi connectivity index (χ1n) is 10.9. The van der Waals surface area contributed by atoms with Gasteiger partial charge in [0.1, 0.15) is 5.75 Å². The average molecular weight is 449 g/mol. The lowest BCUT2D eigenvalue weighted by atomic mass is 9.44. The van der Waals surface area contributed by atoms with Crippen LogP contribution >= 0.6 is 0 Å². The minimum atomic E-state index is -0.907. The lowest BCUT2D eigenvalue weighted by Crippen LogP contribution is -2.79. The number of nitrogens with one attached hydrogen (secondary N) is 1. The number of amides is 1.